The van der Waals surface area contributed by atoms with Gasteiger partial charge in [0.2, 0.25) is 0 Å². The molecule has 0 bridgehead atoms. The molecule has 0 aliphatic carbocycles. The topological polar surface area (TPSA) is 35.5 Å². The second kappa shape index (κ2) is 5.34. The van der Waals surface area contributed by atoms with Gasteiger partial charge in [0.15, 0.2) is 0 Å². The first-order valence-corrected chi connectivity index (χ1v) is 6.37. The number of halogens is 1. The van der Waals surface area contributed by atoms with Gasteiger partial charge >= 0.3 is 0 Å². The van der Waals surface area contributed by atoms with Gasteiger partial charge in [-0.2, -0.15) is 0 Å². The smallest absolute Gasteiger partial charge is 0.127 e. The highest BCUT2D eigenvalue weighted by Crippen LogP contribution is 2.23. The minimum atomic E-state index is -0.717. The monoisotopic (exact) mass is 252 g/mol. The molecule has 0 amide bonds. The number of benzene rings is 1. The Morgan fingerprint density at radius 1 is 1.50 bits per heavy atom. The van der Waals surface area contributed by atoms with Gasteiger partial charge in [-0.3, -0.25) is 4.90 Å². The third-order valence-corrected chi connectivity index (χ3v) is 3.77. The van der Waals surface area contributed by atoms with E-state index in [1.165, 1.54) is 6.07 Å². The zero-order chi connectivity index (χ0) is 13.2. The van der Waals surface area contributed by atoms with Crippen LogP contribution >= 0.6 is 0 Å². The van der Waals surface area contributed by atoms with E-state index in [9.17, 15) is 9.50 Å². The van der Waals surface area contributed by atoms with Crippen LogP contribution in [0.5, 0.6) is 0 Å². The van der Waals surface area contributed by atoms with Crippen molar-refractivity contribution >= 4 is 0 Å². The van der Waals surface area contributed by atoms with Gasteiger partial charge in [-0.15, -0.1) is 0 Å². The van der Waals surface area contributed by atoms with Crippen LogP contribution in [0.1, 0.15) is 18.9 Å². The van der Waals surface area contributed by atoms with E-state index in [4.69, 9.17) is 0 Å². The van der Waals surface area contributed by atoms with E-state index in [0.29, 0.717) is 12.1 Å². The highest BCUT2D eigenvalue weighted by molar-refractivity contribution is 5.17. The first-order valence-electron chi connectivity index (χ1n) is 6.37. The summed E-state index contributed by atoms with van der Waals surface area (Å²) in [5.74, 6) is -0.187. The van der Waals surface area contributed by atoms with Crippen molar-refractivity contribution in [3.8, 4) is 0 Å². The number of nitrogens with one attached hydrogen (secondary N) is 1. The number of hydrogen-bond acceptors (Lipinski definition) is 3. The van der Waals surface area contributed by atoms with Crippen molar-refractivity contribution in [3.63, 3.8) is 0 Å². The first-order chi connectivity index (χ1) is 8.50. The molecular formula is C14H21FN2O. The number of aliphatic hydroxyl groups is 1. The lowest BCUT2D eigenvalue weighted by atomic mass is 9.88. The molecule has 3 nitrogen and oxygen atoms in total. The van der Waals surface area contributed by atoms with Gasteiger partial charge in [-0.1, -0.05) is 18.2 Å². The van der Waals surface area contributed by atoms with Gasteiger partial charge in [0.25, 0.3) is 0 Å². The van der Waals surface area contributed by atoms with Gasteiger partial charge < -0.3 is 10.4 Å². The second-order valence-corrected chi connectivity index (χ2v) is 5.33. The van der Waals surface area contributed by atoms with Crippen molar-refractivity contribution in [2.75, 3.05) is 20.1 Å². The predicted molar refractivity (Wildman–Crippen MR) is 69.8 cm³/mol. The van der Waals surface area contributed by atoms with E-state index >= 15 is 0 Å². The fourth-order valence-corrected chi connectivity index (χ4v) is 2.60. The average molecular weight is 252 g/mol. The lowest BCUT2D eigenvalue weighted by molar-refractivity contribution is -0.0475. The van der Waals surface area contributed by atoms with Crippen LogP contribution in [0, 0.1) is 5.82 Å². The van der Waals surface area contributed by atoms with Gasteiger partial charge in [0.05, 0.1) is 11.6 Å². The fourth-order valence-electron chi connectivity index (χ4n) is 2.60. The van der Waals surface area contributed by atoms with Crippen molar-refractivity contribution in [1.82, 2.24) is 10.2 Å². The van der Waals surface area contributed by atoms with Crippen LogP contribution in [0.15, 0.2) is 24.3 Å². The molecule has 2 unspecified atom stereocenters. The summed E-state index contributed by atoms with van der Waals surface area (Å²) in [6.45, 7) is 3.93. The van der Waals surface area contributed by atoms with E-state index in [1.807, 2.05) is 24.9 Å². The zero-order valence-electron chi connectivity index (χ0n) is 11.0. The summed E-state index contributed by atoms with van der Waals surface area (Å²) in [7, 11) is 1.93. The lowest BCUT2D eigenvalue weighted by Crippen LogP contribution is -2.59. The highest BCUT2D eigenvalue weighted by atomic mass is 19.1. The lowest BCUT2D eigenvalue weighted by Gasteiger charge is -2.42. The molecule has 1 aliphatic heterocycles. The maximum Gasteiger partial charge on any atom is 0.127 e. The molecule has 2 N–H and O–H groups in total. The van der Waals surface area contributed by atoms with Crippen LogP contribution in [-0.2, 0) is 6.54 Å². The Morgan fingerprint density at radius 2 is 2.22 bits per heavy atom. The molecule has 4 heteroatoms. The zero-order valence-corrected chi connectivity index (χ0v) is 11.0. The summed E-state index contributed by atoms with van der Waals surface area (Å²) in [6, 6.07) is 6.80. The summed E-state index contributed by atoms with van der Waals surface area (Å²) in [5.41, 5.74) is -0.0491. The van der Waals surface area contributed by atoms with Crippen LogP contribution in [-0.4, -0.2) is 41.8 Å². The molecule has 18 heavy (non-hydrogen) atoms. The third-order valence-electron chi connectivity index (χ3n) is 3.77. The quantitative estimate of drug-likeness (QED) is 0.853. The van der Waals surface area contributed by atoms with Gasteiger partial charge in [0, 0.05) is 18.7 Å². The number of rotatable bonds is 3. The van der Waals surface area contributed by atoms with E-state index in [0.717, 1.165) is 19.5 Å². The second-order valence-electron chi connectivity index (χ2n) is 5.33. The summed E-state index contributed by atoms with van der Waals surface area (Å²) >= 11 is 0. The molecule has 0 saturated carbocycles. The largest absolute Gasteiger partial charge is 0.388 e. The Morgan fingerprint density at radius 3 is 2.89 bits per heavy atom. The Hall–Kier alpha value is -0.970. The summed E-state index contributed by atoms with van der Waals surface area (Å²) in [6.07, 6.45) is 0.722. The minimum Gasteiger partial charge on any atom is -0.388 e. The Bertz CT molecular complexity index is 409. The summed E-state index contributed by atoms with van der Waals surface area (Å²) in [4.78, 5) is 2.02. The van der Waals surface area contributed by atoms with Gasteiger partial charge in [-0.25, -0.2) is 4.39 Å². The van der Waals surface area contributed by atoms with Crippen molar-refractivity contribution in [2.45, 2.75) is 31.5 Å². The Kier molecular flexibility index (Phi) is 4.00. The van der Waals surface area contributed by atoms with Crippen LogP contribution < -0.4 is 5.32 Å². The first kappa shape index (κ1) is 13.5. The fraction of sp³-hybridized carbons (Fsp3) is 0.571. The van der Waals surface area contributed by atoms with Crippen molar-refractivity contribution in [2.24, 2.45) is 0 Å². The number of hydrogen-bond donors (Lipinski definition) is 2. The SMILES string of the molecule is CN(Cc1ccccc1F)C1CNCCC1(C)O. The molecule has 1 heterocycles. The van der Waals surface area contributed by atoms with E-state index in [2.05, 4.69) is 5.32 Å². The van der Waals surface area contributed by atoms with Crippen LogP contribution in [0.2, 0.25) is 0 Å². The molecule has 0 radical (unpaired) electrons. The van der Waals surface area contributed by atoms with Crippen LogP contribution in [0.3, 0.4) is 0 Å². The molecular weight excluding hydrogens is 231 g/mol. The Balaban J connectivity index is 2.07. The molecule has 1 saturated heterocycles. The van der Waals surface area contributed by atoms with E-state index in [1.54, 1.807) is 12.1 Å². The van der Waals surface area contributed by atoms with Crippen LogP contribution in [0.25, 0.3) is 0 Å². The predicted octanol–water partition coefficient (Wildman–Crippen LogP) is 1.37. The molecule has 2 rings (SSSR count). The maximum absolute atomic E-state index is 13.6. The van der Waals surface area contributed by atoms with Crippen molar-refractivity contribution in [1.29, 1.82) is 0 Å². The van der Waals surface area contributed by atoms with Gasteiger partial charge in [-0.05, 0) is 33.0 Å². The maximum atomic E-state index is 13.6. The Labute approximate surface area is 108 Å². The number of piperidine rings is 1. The van der Waals surface area contributed by atoms with Crippen molar-refractivity contribution in [3.05, 3.63) is 35.6 Å². The van der Waals surface area contributed by atoms with E-state index < -0.39 is 5.60 Å². The molecule has 1 aromatic rings. The molecule has 1 aliphatic rings. The van der Waals surface area contributed by atoms with Gasteiger partial charge in [0.1, 0.15) is 5.82 Å². The molecule has 0 spiro atoms. The molecule has 2 atom stereocenters. The van der Waals surface area contributed by atoms with E-state index in [-0.39, 0.29) is 11.9 Å². The summed E-state index contributed by atoms with van der Waals surface area (Å²) < 4.78 is 13.6. The van der Waals surface area contributed by atoms with Crippen molar-refractivity contribution < 1.29 is 9.50 Å². The average Bonchev–Trinajstić information content (AvgIpc) is 2.31. The minimum absolute atomic E-state index is 0.00542. The standard InChI is InChI=1S/C14H21FN2O/c1-14(18)7-8-16-9-13(14)17(2)10-11-5-3-4-6-12(11)15/h3-6,13,16,18H,7-10H2,1-2H3. The molecule has 100 valence electrons. The highest BCUT2D eigenvalue weighted by Gasteiger charge is 2.36. The summed E-state index contributed by atoms with van der Waals surface area (Å²) in [5, 5.41) is 13.7. The molecule has 1 aromatic carbocycles. The number of nitrogens with zero attached hydrogens (tertiary/aromatic N) is 1. The number of likely N-dealkylation sites (N-methyl/N-ethyl adjacent to an activating group) is 1. The molecule has 0 aromatic heterocycles. The third kappa shape index (κ3) is 2.88. The normalized spacial score (nSPS) is 28.6. The molecule has 1 fully saturated rings. The van der Waals surface area contributed by atoms with Crippen LogP contribution in [0.4, 0.5) is 4.39 Å².